The van der Waals surface area contributed by atoms with Crippen LogP contribution in [0.4, 0.5) is 0 Å². The van der Waals surface area contributed by atoms with Gasteiger partial charge in [0.1, 0.15) is 19.0 Å². The second-order valence-corrected chi connectivity index (χ2v) is 3.36. The van der Waals surface area contributed by atoms with Crippen LogP contribution in [-0.2, 0) is 4.79 Å². The molecule has 0 atom stereocenters. The molecule has 3 nitrogen and oxygen atoms in total. The molecule has 0 aliphatic heterocycles. The third kappa shape index (κ3) is 3.57. The highest BCUT2D eigenvalue weighted by molar-refractivity contribution is 9.10. The van der Waals surface area contributed by atoms with Crippen molar-refractivity contribution in [1.82, 2.24) is 0 Å². The summed E-state index contributed by atoms with van der Waals surface area (Å²) in [5.74, 6) is 0.274. The summed E-state index contributed by atoms with van der Waals surface area (Å²) in [4.78, 5) is 10.7. The number of halogens is 1. The predicted molar refractivity (Wildman–Crippen MR) is 51.7 cm³/mol. The van der Waals surface area contributed by atoms with E-state index in [1.54, 1.807) is 12.1 Å². The Morgan fingerprint density at radius 2 is 2.31 bits per heavy atom. The van der Waals surface area contributed by atoms with Gasteiger partial charge in [0.05, 0.1) is 0 Å². The zero-order chi connectivity index (χ0) is 9.68. The zero-order valence-corrected chi connectivity index (χ0v) is 8.45. The van der Waals surface area contributed by atoms with Gasteiger partial charge in [-0.1, -0.05) is 22.0 Å². The van der Waals surface area contributed by atoms with Crippen molar-refractivity contribution in [2.75, 3.05) is 13.2 Å². The van der Waals surface area contributed by atoms with Crippen LogP contribution in [0.25, 0.3) is 0 Å². The highest BCUT2D eigenvalue weighted by Gasteiger charge is 2.00. The van der Waals surface area contributed by atoms with Gasteiger partial charge in [0.15, 0.2) is 5.78 Å². The molecule has 0 saturated carbocycles. The lowest BCUT2D eigenvalue weighted by molar-refractivity contribution is -0.123. The number of carbonyl (C=O) groups is 1. The summed E-state index contributed by atoms with van der Waals surface area (Å²) in [6.45, 7) is -0.568. The number of ether oxygens (including phenoxy) is 1. The first-order chi connectivity index (χ1) is 6.22. The maximum atomic E-state index is 10.7. The average molecular weight is 245 g/mol. The number of benzene rings is 1. The molecule has 0 aromatic heterocycles. The SMILES string of the molecule is O=C(CO)COc1cccc(Br)c1. The Balaban J connectivity index is 2.50. The van der Waals surface area contributed by atoms with E-state index in [9.17, 15) is 4.79 Å². The number of carbonyl (C=O) groups excluding carboxylic acids is 1. The molecule has 70 valence electrons. The molecule has 0 unspecified atom stereocenters. The number of aliphatic hydroxyl groups excluding tert-OH is 1. The van der Waals surface area contributed by atoms with Crippen molar-refractivity contribution in [2.45, 2.75) is 0 Å². The van der Waals surface area contributed by atoms with Crippen LogP contribution in [0.1, 0.15) is 0 Å². The zero-order valence-electron chi connectivity index (χ0n) is 6.87. The topological polar surface area (TPSA) is 46.5 Å². The number of hydrogen-bond acceptors (Lipinski definition) is 3. The summed E-state index contributed by atoms with van der Waals surface area (Å²) >= 11 is 3.27. The Kier molecular flexibility index (Phi) is 3.92. The highest BCUT2D eigenvalue weighted by Crippen LogP contribution is 2.17. The fourth-order valence-electron chi connectivity index (χ4n) is 0.766. The van der Waals surface area contributed by atoms with E-state index in [4.69, 9.17) is 9.84 Å². The van der Waals surface area contributed by atoms with Crippen LogP contribution >= 0.6 is 15.9 Å². The molecule has 0 heterocycles. The Morgan fingerprint density at radius 3 is 2.92 bits per heavy atom. The summed E-state index contributed by atoms with van der Waals surface area (Å²) < 4.78 is 5.99. The Hall–Kier alpha value is -0.870. The first kappa shape index (κ1) is 10.2. The van der Waals surface area contributed by atoms with Crippen LogP contribution in [0.3, 0.4) is 0 Å². The van der Waals surface area contributed by atoms with Crippen molar-refractivity contribution in [3.63, 3.8) is 0 Å². The normalized spacial score (nSPS) is 9.69. The minimum absolute atomic E-state index is 0.0903. The van der Waals surface area contributed by atoms with Crippen LogP contribution < -0.4 is 4.74 Å². The molecular formula is C9H9BrO3. The van der Waals surface area contributed by atoms with E-state index in [1.807, 2.05) is 12.1 Å². The molecule has 0 aliphatic rings. The van der Waals surface area contributed by atoms with Gasteiger partial charge < -0.3 is 9.84 Å². The Bertz CT molecular complexity index is 299. The predicted octanol–water partition coefficient (Wildman–Crippen LogP) is 1.39. The van der Waals surface area contributed by atoms with Gasteiger partial charge in [-0.05, 0) is 18.2 Å². The van der Waals surface area contributed by atoms with E-state index < -0.39 is 6.61 Å². The van der Waals surface area contributed by atoms with Gasteiger partial charge in [-0.25, -0.2) is 0 Å². The molecule has 1 aromatic rings. The van der Waals surface area contributed by atoms with Crippen molar-refractivity contribution in [1.29, 1.82) is 0 Å². The quantitative estimate of drug-likeness (QED) is 0.871. The molecule has 0 saturated heterocycles. The summed E-state index contributed by atoms with van der Waals surface area (Å²) in [7, 11) is 0. The van der Waals surface area contributed by atoms with Gasteiger partial charge in [0.2, 0.25) is 0 Å². The molecule has 0 aliphatic carbocycles. The Labute approximate surface area is 84.5 Å². The smallest absolute Gasteiger partial charge is 0.195 e. The summed E-state index contributed by atoms with van der Waals surface area (Å²) in [5, 5.41) is 8.43. The third-order valence-electron chi connectivity index (χ3n) is 1.37. The fraction of sp³-hybridized carbons (Fsp3) is 0.222. The number of Topliss-reactive ketones (excluding diaryl/α,β-unsaturated/α-hetero) is 1. The maximum absolute atomic E-state index is 10.7. The summed E-state index contributed by atoms with van der Waals surface area (Å²) in [5.41, 5.74) is 0. The minimum atomic E-state index is -0.478. The van der Waals surface area contributed by atoms with Gasteiger partial charge in [0.25, 0.3) is 0 Å². The number of ketones is 1. The van der Waals surface area contributed by atoms with Crippen LogP contribution in [0.2, 0.25) is 0 Å². The third-order valence-corrected chi connectivity index (χ3v) is 1.87. The number of hydrogen-bond donors (Lipinski definition) is 1. The van der Waals surface area contributed by atoms with Gasteiger partial charge in [0, 0.05) is 4.47 Å². The first-order valence-corrected chi connectivity index (χ1v) is 4.52. The lowest BCUT2D eigenvalue weighted by atomic mass is 10.3. The first-order valence-electron chi connectivity index (χ1n) is 3.73. The Morgan fingerprint density at radius 1 is 1.54 bits per heavy atom. The second-order valence-electron chi connectivity index (χ2n) is 2.44. The fourth-order valence-corrected chi connectivity index (χ4v) is 1.14. The van der Waals surface area contributed by atoms with Crippen molar-refractivity contribution < 1.29 is 14.6 Å². The monoisotopic (exact) mass is 244 g/mol. The van der Waals surface area contributed by atoms with Crippen LogP contribution in [0.15, 0.2) is 28.7 Å². The van der Waals surface area contributed by atoms with E-state index in [0.29, 0.717) is 5.75 Å². The van der Waals surface area contributed by atoms with Crippen molar-refractivity contribution in [2.24, 2.45) is 0 Å². The summed E-state index contributed by atoms with van der Waals surface area (Å²) in [6.07, 6.45) is 0. The van der Waals surface area contributed by atoms with E-state index in [2.05, 4.69) is 15.9 Å². The second kappa shape index (κ2) is 4.99. The molecule has 0 bridgehead atoms. The van der Waals surface area contributed by atoms with Crippen LogP contribution in [0.5, 0.6) is 5.75 Å². The molecular weight excluding hydrogens is 236 g/mol. The average Bonchev–Trinajstić information content (AvgIpc) is 2.14. The lowest BCUT2D eigenvalue weighted by Gasteiger charge is -2.03. The lowest BCUT2D eigenvalue weighted by Crippen LogP contribution is -2.14. The van der Waals surface area contributed by atoms with E-state index >= 15 is 0 Å². The molecule has 1 aromatic carbocycles. The molecule has 1 N–H and O–H groups in total. The molecule has 0 radical (unpaired) electrons. The molecule has 13 heavy (non-hydrogen) atoms. The van der Waals surface area contributed by atoms with E-state index in [-0.39, 0.29) is 12.4 Å². The number of rotatable bonds is 4. The van der Waals surface area contributed by atoms with Crippen molar-refractivity contribution in [3.8, 4) is 5.75 Å². The van der Waals surface area contributed by atoms with Gasteiger partial charge >= 0.3 is 0 Å². The van der Waals surface area contributed by atoms with E-state index in [1.165, 1.54) is 0 Å². The molecule has 0 spiro atoms. The molecule has 0 fully saturated rings. The molecule has 0 amide bonds. The molecule has 1 rings (SSSR count). The maximum Gasteiger partial charge on any atom is 0.195 e. The highest BCUT2D eigenvalue weighted by atomic mass is 79.9. The largest absolute Gasteiger partial charge is 0.486 e. The van der Waals surface area contributed by atoms with Crippen LogP contribution in [0, 0.1) is 0 Å². The van der Waals surface area contributed by atoms with Gasteiger partial charge in [-0.3, -0.25) is 4.79 Å². The van der Waals surface area contributed by atoms with Crippen molar-refractivity contribution >= 4 is 21.7 Å². The van der Waals surface area contributed by atoms with Gasteiger partial charge in [-0.15, -0.1) is 0 Å². The minimum Gasteiger partial charge on any atom is -0.486 e. The van der Waals surface area contributed by atoms with Gasteiger partial charge in [-0.2, -0.15) is 0 Å². The van der Waals surface area contributed by atoms with Crippen LogP contribution in [-0.4, -0.2) is 24.1 Å². The molecule has 4 heteroatoms. The standard InChI is InChI=1S/C9H9BrO3/c10-7-2-1-3-9(4-7)13-6-8(12)5-11/h1-4,11H,5-6H2. The van der Waals surface area contributed by atoms with Crippen molar-refractivity contribution in [3.05, 3.63) is 28.7 Å². The van der Waals surface area contributed by atoms with E-state index in [0.717, 1.165) is 4.47 Å². The number of aliphatic hydroxyl groups is 1. The summed E-state index contributed by atoms with van der Waals surface area (Å²) in [6, 6.07) is 7.17.